The van der Waals surface area contributed by atoms with Gasteiger partial charge in [0.15, 0.2) is 12.2 Å². The number of H-pyrrole nitrogens is 1. The minimum absolute atomic E-state index is 0.00289. The molecular formula is C26H32N6O5. The number of oxazole rings is 1. The number of aromatic nitrogens is 2. The van der Waals surface area contributed by atoms with Crippen molar-refractivity contribution in [3.63, 3.8) is 0 Å². The maximum Gasteiger partial charge on any atom is 0.313 e. The zero-order valence-electron chi connectivity index (χ0n) is 21.5. The molecule has 3 amide bonds. The van der Waals surface area contributed by atoms with Gasteiger partial charge in [0, 0.05) is 56.2 Å². The number of hydrogen-bond acceptors (Lipinski definition) is 7. The van der Waals surface area contributed by atoms with E-state index >= 15 is 0 Å². The molecule has 1 aromatic carbocycles. The first-order chi connectivity index (χ1) is 17.7. The summed E-state index contributed by atoms with van der Waals surface area (Å²) in [7, 11) is 1.51. The van der Waals surface area contributed by atoms with Gasteiger partial charge >= 0.3 is 11.8 Å². The molecule has 1 fully saturated rings. The van der Waals surface area contributed by atoms with Crippen LogP contribution in [-0.4, -0.2) is 82.9 Å². The Balaban J connectivity index is 1.28. The Bertz CT molecular complexity index is 1260. The van der Waals surface area contributed by atoms with Crippen molar-refractivity contribution in [2.75, 3.05) is 45.2 Å². The number of benzene rings is 1. The van der Waals surface area contributed by atoms with Gasteiger partial charge in [0.25, 0.3) is 5.91 Å². The van der Waals surface area contributed by atoms with Gasteiger partial charge in [0.05, 0.1) is 18.9 Å². The monoisotopic (exact) mass is 508 g/mol. The smallest absolute Gasteiger partial charge is 0.313 e. The SMILES string of the molecule is COc1cc(NC(=O)C(=O)NC(C)(C)CN2CCN(C(=O)c3[nH]ccc3C)CC2)ccc1-c1cnco1. The van der Waals surface area contributed by atoms with Crippen LogP contribution in [0.25, 0.3) is 11.3 Å². The molecule has 11 heteroatoms. The quantitative estimate of drug-likeness (QED) is 0.417. The lowest BCUT2D eigenvalue weighted by Gasteiger charge is -2.39. The molecule has 0 atom stereocenters. The van der Waals surface area contributed by atoms with Crippen molar-refractivity contribution < 1.29 is 23.5 Å². The second-order valence-electron chi connectivity index (χ2n) is 9.68. The molecule has 0 bridgehead atoms. The van der Waals surface area contributed by atoms with Crippen molar-refractivity contribution in [2.45, 2.75) is 26.3 Å². The molecule has 1 aliphatic heterocycles. The van der Waals surface area contributed by atoms with Gasteiger partial charge in [-0.2, -0.15) is 0 Å². The number of rotatable bonds is 7. The number of methoxy groups -OCH3 is 1. The summed E-state index contributed by atoms with van der Waals surface area (Å²) in [5, 5.41) is 5.43. The largest absolute Gasteiger partial charge is 0.496 e. The number of aryl methyl sites for hydroxylation is 1. The number of piperazine rings is 1. The first kappa shape index (κ1) is 26.0. The molecule has 3 aromatic rings. The van der Waals surface area contributed by atoms with Crippen molar-refractivity contribution in [2.24, 2.45) is 0 Å². The van der Waals surface area contributed by atoms with Crippen LogP contribution in [0, 0.1) is 6.92 Å². The number of anilines is 1. The lowest BCUT2D eigenvalue weighted by atomic mass is 10.0. The summed E-state index contributed by atoms with van der Waals surface area (Å²) in [6.07, 6.45) is 4.65. The number of carbonyl (C=O) groups excluding carboxylic acids is 3. The second kappa shape index (κ2) is 10.9. The Morgan fingerprint density at radius 2 is 1.89 bits per heavy atom. The number of carbonyl (C=O) groups is 3. The van der Waals surface area contributed by atoms with Crippen LogP contribution in [0.5, 0.6) is 5.75 Å². The highest BCUT2D eigenvalue weighted by Gasteiger charge is 2.30. The van der Waals surface area contributed by atoms with Gasteiger partial charge in [-0.1, -0.05) is 0 Å². The molecule has 4 rings (SSSR count). The molecule has 196 valence electrons. The number of nitrogens with one attached hydrogen (secondary N) is 3. The molecule has 37 heavy (non-hydrogen) atoms. The molecule has 0 spiro atoms. The molecule has 2 aromatic heterocycles. The maximum absolute atomic E-state index is 12.7. The van der Waals surface area contributed by atoms with Crippen LogP contribution in [0.3, 0.4) is 0 Å². The molecule has 0 saturated carbocycles. The Hall–Kier alpha value is -4.12. The lowest BCUT2D eigenvalue weighted by Crippen LogP contribution is -2.57. The number of ether oxygens (including phenoxy) is 1. The van der Waals surface area contributed by atoms with Gasteiger partial charge in [-0.25, -0.2) is 4.98 Å². The molecule has 0 radical (unpaired) electrons. The standard InChI is InChI=1S/C26H32N6O5/c1-17-7-8-28-22(17)25(35)32-11-9-31(10-12-32)15-26(2,3)30-24(34)23(33)29-18-5-6-19(20(13-18)36-4)21-14-27-16-37-21/h5-8,13-14,16,28H,9-12,15H2,1-4H3,(H,29,33)(H,30,34). The van der Waals surface area contributed by atoms with Gasteiger partial charge in [0.1, 0.15) is 11.4 Å². The van der Waals surface area contributed by atoms with E-state index < -0.39 is 17.4 Å². The van der Waals surface area contributed by atoms with E-state index in [1.807, 2.05) is 31.7 Å². The summed E-state index contributed by atoms with van der Waals surface area (Å²) in [6, 6.07) is 6.88. The summed E-state index contributed by atoms with van der Waals surface area (Å²) in [6.45, 7) is 8.71. The van der Waals surface area contributed by atoms with Crippen LogP contribution in [0.2, 0.25) is 0 Å². The predicted octanol–water partition coefficient (Wildman–Crippen LogP) is 2.28. The van der Waals surface area contributed by atoms with Crippen LogP contribution in [0.4, 0.5) is 5.69 Å². The Morgan fingerprint density at radius 3 is 2.51 bits per heavy atom. The third-order valence-electron chi connectivity index (χ3n) is 6.26. The van der Waals surface area contributed by atoms with E-state index in [1.165, 1.54) is 13.5 Å². The van der Waals surface area contributed by atoms with E-state index in [0.29, 0.717) is 61.2 Å². The fourth-order valence-electron chi connectivity index (χ4n) is 4.42. The third-order valence-corrected chi connectivity index (χ3v) is 6.26. The molecule has 0 aliphatic carbocycles. The molecule has 3 heterocycles. The van der Waals surface area contributed by atoms with Crippen molar-refractivity contribution in [3.05, 3.63) is 54.3 Å². The van der Waals surface area contributed by atoms with E-state index in [0.717, 1.165) is 5.56 Å². The van der Waals surface area contributed by atoms with E-state index in [4.69, 9.17) is 9.15 Å². The lowest BCUT2D eigenvalue weighted by molar-refractivity contribution is -0.137. The Morgan fingerprint density at radius 1 is 1.14 bits per heavy atom. The molecule has 11 nitrogen and oxygen atoms in total. The van der Waals surface area contributed by atoms with Crippen molar-refractivity contribution in [1.82, 2.24) is 25.1 Å². The highest BCUT2D eigenvalue weighted by Crippen LogP contribution is 2.32. The minimum atomic E-state index is -0.778. The average Bonchev–Trinajstić information content (AvgIpc) is 3.55. The number of nitrogens with zero attached hydrogens (tertiary/aromatic N) is 3. The second-order valence-corrected chi connectivity index (χ2v) is 9.68. The number of amides is 3. The van der Waals surface area contributed by atoms with Gasteiger partial charge in [-0.3, -0.25) is 19.3 Å². The van der Waals surface area contributed by atoms with Crippen molar-refractivity contribution in [3.8, 4) is 17.1 Å². The number of hydrogen-bond donors (Lipinski definition) is 3. The van der Waals surface area contributed by atoms with Gasteiger partial charge < -0.3 is 29.7 Å². The van der Waals surface area contributed by atoms with Gasteiger partial charge in [0.2, 0.25) is 0 Å². The third kappa shape index (κ3) is 6.18. The summed E-state index contributed by atoms with van der Waals surface area (Å²) in [5.41, 5.74) is 1.98. The summed E-state index contributed by atoms with van der Waals surface area (Å²) < 4.78 is 10.7. The van der Waals surface area contributed by atoms with E-state index in [2.05, 4.69) is 25.5 Å². The zero-order valence-corrected chi connectivity index (χ0v) is 21.5. The van der Waals surface area contributed by atoms with Gasteiger partial charge in [-0.05, 0) is 44.5 Å². The molecule has 1 aliphatic rings. The fourth-order valence-corrected chi connectivity index (χ4v) is 4.42. The Labute approximate surface area is 215 Å². The predicted molar refractivity (Wildman–Crippen MR) is 137 cm³/mol. The number of aromatic amines is 1. The first-order valence-corrected chi connectivity index (χ1v) is 12.0. The topological polar surface area (TPSA) is 133 Å². The fraction of sp³-hybridized carbons (Fsp3) is 0.385. The molecule has 1 saturated heterocycles. The van der Waals surface area contributed by atoms with Crippen LogP contribution in [0.1, 0.15) is 29.9 Å². The highest BCUT2D eigenvalue weighted by atomic mass is 16.5. The minimum Gasteiger partial charge on any atom is -0.496 e. The Kier molecular flexibility index (Phi) is 7.63. The maximum atomic E-state index is 12.7. The van der Waals surface area contributed by atoms with Crippen LogP contribution in [0.15, 0.2) is 47.5 Å². The summed E-state index contributed by atoms with van der Waals surface area (Å²) in [4.78, 5) is 48.9. The average molecular weight is 509 g/mol. The summed E-state index contributed by atoms with van der Waals surface area (Å²) >= 11 is 0. The van der Waals surface area contributed by atoms with Crippen LogP contribution >= 0.6 is 0 Å². The molecular weight excluding hydrogens is 476 g/mol. The van der Waals surface area contributed by atoms with E-state index in [9.17, 15) is 14.4 Å². The van der Waals surface area contributed by atoms with E-state index in [-0.39, 0.29) is 5.91 Å². The normalized spacial score (nSPS) is 14.3. The van der Waals surface area contributed by atoms with Crippen LogP contribution in [-0.2, 0) is 9.59 Å². The van der Waals surface area contributed by atoms with E-state index in [1.54, 1.807) is 30.6 Å². The van der Waals surface area contributed by atoms with Crippen molar-refractivity contribution >= 4 is 23.4 Å². The highest BCUT2D eigenvalue weighted by molar-refractivity contribution is 6.39. The zero-order chi connectivity index (χ0) is 26.6. The van der Waals surface area contributed by atoms with Crippen LogP contribution < -0.4 is 15.4 Å². The first-order valence-electron chi connectivity index (χ1n) is 12.0. The van der Waals surface area contributed by atoms with Crippen molar-refractivity contribution in [1.29, 1.82) is 0 Å². The summed E-state index contributed by atoms with van der Waals surface area (Å²) in [5.74, 6) is -0.520. The molecule has 3 N–H and O–H groups in total. The molecule has 0 unspecified atom stereocenters. The van der Waals surface area contributed by atoms with Gasteiger partial charge in [-0.15, -0.1) is 0 Å².